The topological polar surface area (TPSA) is 81.0 Å². The molecule has 0 amide bonds. The van der Waals surface area contributed by atoms with Gasteiger partial charge in [-0.05, 0) is 6.07 Å². The molecule has 2 N–H and O–H groups in total. The molecule has 0 unspecified atom stereocenters. The molecule has 1 aromatic heterocycles. The normalized spacial score (nSPS) is 10.5. The SMILES string of the molecule is COC(OC)c1cc(OB(O)O)ccn1. The highest BCUT2D eigenvalue weighted by Crippen LogP contribution is 2.19. The third kappa shape index (κ3) is 3.48. The molecule has 7 heteroatoms. The van der Waals surface area contributed by atoms with E-state index in [1.165, 1.54) is 32.5 Å². The Morgan fingerprint density at radius 3 is 2.53 bits per heavy atom. The Kier molecular flexibility index (Phi) is 4.51. The van der Waals surface area contributed by atoms with Gasteiger partial charge in [0, 0.05) is 26.5 Å². The highest BCUT2D eigenvalue weighted by molar-refractivity contribution is 6.33. The minimum atomic E-state index is -1.86. The van der Waals surface area contributed by atoms with E-state index in [2.05, 4.69) is 9.64 Å². The smallest absolute Gasteiger partial charge is 0.512 e. The molecule has 0 fully saturated rings. The molecule has 1 aromatic rings. The third-order valence-corrected chi connectivity index (χ3v) is 1.66. The highest BCUT2D eigenvalue weighted by Gasteiger charge is 2.15. The van der Waals surface area contributed by atoms with Gasteiger partial charge in [-0.25, -0.2) is 0 Å². The van der Waals surface area contributed by atoms with E-state index in [0.717, 1.165) is 0 Å². The van der Waals surface area contributed by atoms with E-state index < -0.39 is 13.6 Å². The number of rotatable bonds is 5. The van der Waals surface area contributed by atoms with Crippen molar-refractivity contribution in [1.82, 2.24) is 4.98 Å². The molecule has 0 radical (unpaired) electrons. The average molecular weight is 213 g/mol. The second-order valence-electron chi connectivity index (χ2n) is 2.66. The number of hydrogen-bond acceptors (Lipinski definition) is 6. The summed E-state index contributed by atoms with van der Waals surface area (Å²) in [6.45, 7) is 0. The molecule has 15 heavy (non-hydrogen) atoms. The van der Waals surface area contributed by atoms with Crippen LogP contribution in [0.3, 0.4) is 0 Å². The molecule has 1 heterocycles. The van der Waals surface area contributed by atoms with Crippen LogP contribution in [0.2, 0.25) is 0 Å². The van der Waals surface area contributed by atoms with Gasteiger partial charge in [0.05, 0.1) is 5.69 Å². The standard InChI is InChI=1S/C8H12BNO5/c1-13-8(14-2)7-5-6(3-4-10-7)15-9(11)12/h3-5,8,11-12H,1-2H3. The van der Waals surface area contributed by atoms with Gasteiger partial charge in [0.2, 0.25) is 6.29 Å². The lowest BCUT2D eigenvalue weighted by molar-refractivity contribution is -0.108. The summed E-state index contributed by atoms with van der Waals surface area (Å²) in [4.78, 5) is 4.00. The second-order valence-corrected chi connectivity index (χ2v) is 2.66. The lowest BCUT2D eigenvalue weighted by atomic mass is 10.2. The maximum Gasteiger partial charge on any atom is 0.707 e. The van der Waals surface area contributed by atoms with Crippen LogP contribution in [0, 0.1) is 0 Å². The van der Waals surface area contributed by atoms with Gasteiger partial charge in [0.15, 0.2) is 0 Å². The lowest BCUT2D eigenvalue weighted by Gasteiger charge is -2.13. The van der Waals surface area contributed by atoms with Gasteiger partial charge < -0.3 is 24.2 Å². The van der Waals surface area contributed by atoms with Crippen molar-refractivity contribution in [2.75, 3.05) is 14.2 Å². The van der Waals surface area contributed by atoms with Crippen LogP contribution in [-0.4, -0.2) is 36.6 Å². The van der Waals surface area contributed by atoms with E-state index in [1.807, 2.05) is 0 Å². The molecule has 0 aliphatic rings. The number of nitrogens with zero attached hydrogens (tertiary/aromatic N) is 1. The molecule has 0 saturated carbocycles. The molecule has 0 saturated heterocycles. The zero-order chi connectivity index (χ0) is 11.3. The van der Waals surface area contributed by atoms with Gasteiger partial charge in [-0.15, -0.1) is 0 Å². The molecule has 0 atom stereocenters. The van der Waals surface area contributed by atoms with Crippen LogP contribution < -0.4 is 4.65 Å². The van der Waals surface area contributed by atoms with Crippen LogP contribution >= 0.6 is 0 Å². The Balaban J connectivity index is 2.81. The summed E-state index contributed by atoms with van der Waals surface area (Å²) in [7, 11) is 1.10. The highest BCUT2D eigenvalue weighted by atomic mass is 16.7. The summed E-state index contributed by atoms with van der Waals surface area (Å²) in [5.74, 6) is 0.272. The van der Waals surface area contributed by atoms with Crippen LogP contribution in [0.15, 0.2) is 18.3 Å². The minimum absolute atomic E-state index is 0.272. The summed E-state index contributed by atoms with van der Waals surface area (Å²) >= 11 is 0. The van der Waals surface area contributed by atoms with Gasteiger partial charge in [0.1, 0.15) is 5.75 Å². The largest absolute Gasteiger partial charge is 0.707 e. The molecule has 0 aliphatic carbocycles. The van der Waals surface area contributed by atoms with Crippen molar-refractivity contribution >= 4 is 7.32 Å². The van der Waals surface area contributed by atoms with Gasteiger partial charge in [0.25, 0.3) is 0 Å². The molecule has 0 bridgehead atoms. The maximum absolute atomic E-state index is 8.60. The van der Waals surface area contributed by atoms with E-state index in [4.69, 9.17) is 19.5 Å². The fourth-order valence-electron chi connectivity index (χ4n) is 1.09. The monoisotopic (exact) mass is 213 g/mol. The van der Waals surface area contributed by atoms with E-state index in [1.54, 1.807) is 0 Å². The first-order chi connectivity index (χ1) is 7.17. The van der Waals surface area contributed by atoms with Gasteiger partial charge in [-0.3, -0.25) is 4.98 Å². The van der Waals surface area contributed by atoms with Crippen molar-refractivity contribution in [2.45, 2.75) is 6.29 Å². The average Bonchev–Trinajstić information content (AvgIpc) is 2.19. The van der Waals surface area contributed by atoms with Crippen molar-refractivity contribution in [3.8, 4) is 5.75 Å². The van der Waals surface area contributed by atoms with E-state index in [9.17, 15) is 0 Å². The fraction of sp³-hybridized carbons (Fsp3) is 0.375. The van der Waals surface area contributed by atoms with Gasteiger partial charge >= 0.3 is 7.32 Å². The fourth-order valence-corrected chi connectivity index (χ4v) is 1.09. The van der Waals surface area contributed by atoms with Crippen LogP contribution in [0.4, 0.5) is 0 Å². The van der Waals surface area contributed by atoms with E-state index in [0.29, 0.717) is 5.69 Å². The Morgan fingerprint density at radius 1 is 1.33 bits per heavy atom. The summed E-state index contributed by atoms with van der Waals surface area (Å²) in [6.07, 6.45) is 0.849. The number of methoxy groups -OCH3 is 2. The first-order valence-corrected chi connectivity index (χ1v) is 4.21. The first kappa shape index (κ1) is 11.9. The molecule has 1 rings (SSSR count). The Bertz CT molecular complexity index is 305. The van der Waals surface area contributed by atoms with Crippen molar-refractivity contribution < 1.29 is 24.2 Å². The van der Waals surface area contributed by atoms with Crippen LogP contribution in [0.5, 0.6) is 5.75 Å². The number of aromatic nitrogens is 1. The summed E-state index contributed by atoms with van der Waals surface area (Å²) < 4.78 is 14.6. The summed E-state index contributed by atoms with van der Waals surface area (Å²) in [5, 5.41) is 17.2. The van der Waals surface area contributed by atoms with E-state index in [-0.39, 0.29) is 5.75 Å². The zero-order valence-electron chi connectivity index (χ0n) is 8.45. The van der Waals surface area contributed by atoms with Crippen LogP contribution in [0.1, 0.15) is 12.0 Å². The molecule has 0 aliphatic heterocycles. The number of ether oxygens (including phenoxy) is 2. The Morgan fingerprint density at radius 2 is 2.00 bits per heavy atom. The predicted molar refractivity (Wildman–Crippen MR) is 51.8 cm³/mol. The summed E-state index contributed by atoms with van der Waals surface area (Å²) in [5.41, 5.74) is 0.484. The number of hydrogen-bond donors (Lipinski definition) is 2. The summed E-state index contributed by atoms with van der Waals surface area (Å²) in [6, 6.07) is 2.99. The van der Waals surface area contributed by atoms with Crippen molar-refractivity contribution in [1.29, 1.82) is 0 Å². The quantitative estimate of drug-likeness (QED) is 0.517. The predicted octanol–water partition coefficient (Wildman–Crippen LogP) is -0.279. The molecular formula is C8H12BNO5. The van der Waals surface area contributed by atoms with Crippen LogP contribution in [0.25, 0.3) is 0 Å². The zero-order valence-corrected chi connectivity index (χ0v) is 8.45. The molecule has 82 valence electrons. The maximum atomic E-state index is 8.60. The van der Waals surface area contributed by atoms with E-state index >= 15 is 0 Å². The minimum Gasteiger partial charge on any atom is -0.512 e. The van der Waals surface area contributed by atoms with Gasteiger partial charge in [-0.1, -0.05) is 0 Å². The van der Waals surface area contributed by atoms with Crippen LogP contribution in [-0.2, 0) is 9.47 Å². The Labute approximate surface area is 87.6 Å². The Hall–Kier alpha value is -1.15. The first-order valence-electron chi connectivity index (χ1n) is 4.21. The molecule has 0 spiro atoms. The van der Waals surface area contributed by atoms with Gasteiger partial charge in [-0.2, -0.15) is 0 Å². The van der Waals surface area contributed by atoms with Crippen molar-refractivity contribution in [3.63, 3.8) is 0 Å². The lowest BCUT2D eigenvalue weighted by Crippen LogP contribution is -2.20. The van der Waals surface area contributed by atoms with Crippen molar-refractivity contribution in [3.05, 3.63) is 24.0 Å². The molecular weight excluding hydrogens is 201 g/mol. The molecule has 0 aromatic carbocycles. The number of pyridine rings is 1. The van der Waals surface area contributed by atoms with Crippen molar-refractivity contribution in [2.24, 2.45) is 0 Å². The second kappa shape index (κ2) is 5.67. The molecule has 6 nitrogen and oxygen atoms in total. The third-order valence-electron chi connectivity index (χ3n) is 1.66.